The zero-order chi connectivity index (χ0) is 9.61. The average Bonchev–Trinajstić information content (AvgIpc) is 1.84. The van der Waals surface area contributed by atoms with Crippen molar-refractivity contribution in [3.05, 3.63) is 0 Å². The number of thiol groups is 1. The third-order valence-corrected chi connectivity index (χ3v) is 2.16. The minimum atomic E-state index is -0.950. The van der Waals surface area contributed by atoms with Crippen LogP contribution in [-0.2, 0) is 0 Å². The molecule has 0 aromatic heterocycles. The summed E-state index contributed by atoms with van der Waals surface area (Å²) in [5.74, 6) is 0. The van der Waals surface area contributed by atoms with Crippen LogP contribution in [-0.4, -0.2) is 8.78 Å². The summed E-state index contributed by atoms with van der Waals surface area (Å²) in [4.78, 5) is 0. The van der Waals surface area contributed by atoms with E-state index in [1.807, 2.05) is 0 Å². The van der Waals surface area contributed by atoms with Gasteiger partial charge in [-0.15, -0.1) is 12.6 Å². The van der Waals surface area contributed by atoms with Gasteiger partial charge in [0.15, 0.2) is 4.46 Å². The minimum absolute atomic E-state index is 0.330. The van der Waals surface area contributed by atoms with Gasteiger partial charge in [0.1, 0.15) is 4.32 Å². The molecule has 0 aromatic carbocycles. The second-order valence-electron chi connectivity index (χ2n) is 2.59. The average molecular weight is 246 g/mol. The summed E-state index contributed by atoms with van der Waals surface area (Å²) in [7, 11) is 0. The van der Waals surface area contributed by atoms with Crippen LogP contribution in [0.1, 0.15) is 32.6 Å². The lowest BCUT2D eigenvalue weighted by Crippen LogP contribution is -2.35. The van der Waals surface area contributed by atoms with Crippen LogP contribution >= 0.6 is 48.0 Å². The molecule has 1 nitrogen and oxygen atoms in total. The van der Waals surface area contributed by atoms with Crippen LogP contribution in [0.3, 0.4) is 0 Å². The summed E-state index contributed by atoms with van der Waals surface area (Å²) >= 11 is 20.4. The van der Waals surface area contributed by atoms with Crippen LogP contribution in [0.4, 0.5) is 0 Å². The minimum Gasteiger partial charge on any atom is -0.340 e. The van der Waals surface area contributed by atoms with Gasteiger partial charge in [-0.25, -0.2) is 0 Å². The predicted octanol–water partition coefficient (Wildman–Crippen LogP) is 3.50. The largest absolute Gasteiger partial charge is 0.340 e. The molecule has 72 valence electrons. The molecule has 0 atom stereocenters. The van der Waals surface area contributed by atoms with E-state index in [1.165, 1.54) is 0 Å². The first kappa shape index (κ1) is 12.8. The number of nitrogens with one attached hydrogen (secondary N) is 1. The number of alkyl halides is 2. The van der Waals surface area contributed by atoms with E-state index in [4.69, 9.17) is 35.4 Å². The Balaban J connectivity index is 3.63. The van der Waals surface area contributed by atoms with E-state index < -0.39 is 4.46 Å². The first-order valence-corrected chi connectivity index (χ1v) is 5.48. The SMILES string of the molecule is CCCCCC(Cl)(Cl)NC(=S)S. The predicted molar refractivity (Wildman–Crippen MR) is 63.3 cm³/mol. The Kier molecular flexibility index (Phi) is 6.73. The smallest absolute Gasteiger partial charge is 0.189 e. The lowest BCUT2D eigenvalue weighted by Gasteiger charge is -2.20. The molecular weight excluding hydrogens is 233 g/mol. The fraction of sp³-hybridized carbons (Fsp3) is 0.857. The fourth-order valence-corrected chi connectivity index (χ4v) is 1.88. The third kappa shape index (κ3) is 7.47. The standard InChI is InChI=1S/C7H13Cl2NS2/c1-2-3-4-5-7(8,9)10-6(11)12/h2-5H2,1H3,(H2,10,11,12). The quantitative estimate of drug-likeness (QED) is 0.253. The maximum Gasteiger partial charge on any atom is 0.189 e. The Bertz CT molecular complexity index is 150. The molecule has 0 radical (unpaired) electrons. The molecular formula is C7H13Cl2NS2. The summed E-state index contributed by atoms with van der Waals surface area (Å²) in [5, 5.41) is 2.70. The maximum absolute atomic E-state index is 5.88. The highest BCUT2D eigenvalue weighted by molar-refractivity contribution is 8.11. The molecule has 1 N–H and O–H groups in total. The van der Waals surface area contributed by atoms with Crippen molar-refractivity contribution in [1.29, 1.82) is 0 Å². The highest BCUT2D eigenvalue weighted by atomic mass is 35.5. The highest BCUT2D eigenvalue weighted by Crippen LogP contribution is 2.24. The first-order valence-electron chi connectivity index (χ1n) is 3.87. The van der Waals surface area contributed by atoms with Gasteiger partial charge >= 0.3 is 0 Å². The zero-order valence-corrected chi connectivity index (χ0v) is 10.2. The van der Waals surface area contributed by atoms with Gasteiger partial charge in [-0.05, 0) is 12.8 Å². The number of hydrogen-bond donors (Lipinski definition) is 2. The van der Waals surface area contributed by atoms with E-state index in [0.717, 1.165) is 19.3 Å². The van der Waals surface area contributed by atoms with Crippen molar-refractivity contribution >= 4 is 52.4 Å². The Morgan fingerprint density at radius 1 is 1.50 bits per heavy atom. The Labute approximate surface area is 94.6 Å². The van der Waals surface area contributed by atoms with E-state index in [2.05, 4.69) is 24.9 Å². The molecule has 0 amide bonds. The molecule has 0 saturated heterocycles. The van der Waals surface area contributed by atoms with E-state index in [0.29, 0.717) is 10.7 Å². The van der Waals surface area contributed by atoms with Gasteiger partial charge in [0.05, 0.1) is 0 Å². The van der Waals surface area contributed by atoms with Crippen LogP contribution in [0.15, 0.2) is 0 Å². The molecule has 0 saturated carbocycles. The molecule has 0 rings (SSSR count). The van der Waals surface area contributed by atoms with Crippen molar-refractivity contribution in [2.45, 2.75) is 37.1 Å². The Morgan fingerprint density at radius 3 is 2.50 bits per heavy atom. The number of rotatable bonds is 5. The van der Waals surface area contributed by atoms with Gasteiger partial charge in [-0.2, -0.15) is 0 Å². The van der Waals surface area contributed by atoms with Crippen LogP contribution in [0.2, 0.25) is 0 Å². The van der Waals surface area contributed by atoms with E-state index in [9.17, 15) is 0 Å². The molecule has 0 spiro atoms. The van der Waals surface area contributed by atoms with Crippen LogP contribution in [0.25, 0.3) is 0 Å². The van der Waals surface area contributed by atoms with Crippen molar-refractivity contribution in [3.63, 3.8) is 0 Å². The van der Waals surface area contributed by atoms with Crippen molar-refractivity contribution < 1.29 is 0 Å². The van der Waals surface area contributed by atoms with Gasteiger partial charge in [0.25, 0.3) is 0 Å². The summed E-state index contributed by atoms with van der Waals surface area (Å²) in [5.41, 5.74) is 0. The Morgan fingerprint density at radius 2 is 2.08 bits per heavy atom. The number of hydrogen-bond acceptors (Lipinski definition) is 1. The van der Waals surface area contributed by atoms with Crippen molar-refractivity contribution in [2.75, 3.05) is 0 Å². The summed E-state index contributed by atoms with van der Waals surface area (Å²) in [6.07, 6.45) is 3.95. The second-order valence-corrected chi connectivity index (χ2v) is 5.23. The second kappa shape index (κ2) is 6.30. The molecule has 0 aliphatic carbocycles. The first-order chi connectivity index (χ1) is 5.48. The van der Waals surface area contributed by atoms with Crippen LogP contribution in [0.5, 0.6) is 0 Å². The van der Waals surface area contributed by atoms with Gasteiger partial charge in [-0.1, -0.05) is 55.2 Å². The molecule has 12 heavy (non-hydrogen) atoms. The molecule has 0 aliphatic heterocycles. The number of thiocarbonyl (C=S) groups is 1. The van der Waals surface area contributed by atoms with Crippen molar-refractivity contribution in [3.8, 4) is 0 Å². The van der Waals surface area contributed by atoms with Gasteiger partial charge in [0.2, 0.25) is 0 Å². The number of unbranched alkanes of at least 4 members (excludes halogenated alkanes) is 2. The van der Waals surface area contributed by atoms with E-state index in [1.54, 1.807) is 0 Å². The van der Waals surface area contributed by atoms with Crippen LogP contribution < -0.4 is 5.32 Å². The van der Waals surface area contributed by atoms with Crippen molar-refractivity contribution in [1.82, 2.24) is 5.32 Å². The summed E-state index contributed by atoms with van der Waals surface area (Å²) in [6, 6.07) is 0. The molecule has 0 fully saturated rings. The normalized spacial score (nSPS) is 11.3. The molecule has 0 heterocycles. The highest BCUT2D eigenvalue weighted by Gasteiger charge is 2.22. The number of halogens is 2. The molecule has 0 aromatic rings. The maximum atomic E-state index is 5.88. The molecule has 0 unspecified atom stereocenters. The molecule has 0 bridgehead atoms. The lowest BCUT2D eigenvalue weighted by molar-refractivity contribution is 0.591. The summed E-state index contributed by atoms with van der Waals surface area (Å²) in [6.45, 7) is 2.13. The van der Waals surface area contributed by atoms with Gasteiger partial charge < -0.3 is 5.32 Å². The van der Waals surface area contributed by atoms with E-state index >= 15 is 0 Å². The fourth-order valence-electron chi connectivity index (χ4n) is 0.816. The van der Waals surface area contributed by atoms with Gasteiger partial charge in [0, 0.05) is 0 Å². The third-order valence-electron chi connectivity index (χ3n) is 1.38. The van der Waals surface area contributed by atoms with Gasteiger partial charge in [-0.3, -0.25) is 0 Å². The molecule has 5 heteroatoms. The topological polar surface area (TPSA) is 12.0 Å². The Hall–Kier alpha value is 0.820. The zero-order valence-electron chi connectivity index (χ0n) is 6.94. The van der Waals surface area contributed by atoms with Crippen LogP contribution in [0, 0.1) is 0 Å². The monoisotopic (exact) mass is 245 g/mol. The van der Waals surface area contributed by atoms with E-state index in [-0.39, 0.29) is 0 Å². The summed E-state index contributed by atoms with van der Waals surface area (Å²) < 4.78 is -0.620. The van der Waals surface area contributed by atoms with Crippen molar-refractivity contribution in [2.24, 2.45) is 0 Å². The molecule has 0 aliphatic rings. The lowest BCUT2D eigenvalue weighted by atomic mass is 10.2.